The number of carboxylic acids is 1. The predicted octanol–water partition coefficient (Wildman–Crippen LogP) is 5.51. The van der Waals surface area contributed by atoms with Crippen molar-refractivity contribution >= 4 is 29.1 Å². The van der Waals surface area contributed by atoms with E-state index in [0.717, 1.165) is 24.0 Å². The molecule has 0 bridgehead atoms. The number of carbonyl (C=O) groups excluding carboxylic acids is 2. The van der Waals surface area contributed by atoms with E-state index < -0.39 is 64.1 Å². The molecule has 0 saturated carbocycles. The molecule has 1 radical (unpaired) electrons. The average Bonchev–Trinajstić information content (AvgIpc) is 3.00. The van der Waals surface area contributed by atoms with Gasteiger partial charge in [0.2, 0.25) is 0 Å². The van der Waals surface area contributed by atoms with Crippen LogP contribution in [0.3, 0.4) is 0 Å². The predicted molar refractivity (Wildman–Crippen MR) is 174 cm³/mol. The highest BCUT2D eigenvalue weighted by Crippen LogP contribution is 2.43. The van der Waals surface area contributed by atoms with E-state index in [1.807, 2.05) is 67.6 Å². The van der Waals surface area contributed by atoms with Crippen LogP contribution in [-0.2, 0) is 45.9 Å². The Morgan fingerprint density at radius 1 is 0.870 bits per heavy atom. The molecule has 2 fully saturated rings. The first-order chi connectivity index (χ1) is 21.8. The maximum absolute atomic E-state index is 13.0. The monoisotopic (exact) mass is 655 g/mol. The molecule has 4 rings (SSSR count). The smallest absolute Gasteiger partial charge is 0.309 e. The highest BCUT2D eigenvalue weighted by Gasteiger charge is 2.49. The Morgan fingerprint density at radius 3 is 1.87 bits per heavy atom. The number of aliphatic carboxylic acids is 1. The minimum Gasteiger partial charge on any atom is -0.616 e. The van der Waals surface area contributed by atoms with Gasteiger partial charge in [0, 0.05) is 23.7 Å². The van der Waals surface area contributed by atoms with Crippen LogP contribution in [0.1, 0.15) is 95.6 Å². The summed E-state index contributed by atoms with van der Waals surface area (Å²) in [5.41, 5.74) is -0.855. The third-order valence-electron chi connectivity index (χ3n) is 9.76. The fourth-order valence-corrected chi connectivity index (χ4v) is 8.24. The second kappa shape index (κ2) is 15.8. The number of ether oxygens (including phenoxy) is 2. The van der Waals surface area contributed by atoms with Gasteiger partial charge in [0.25, 0.3) is 0 Å². The second-order valence-electron chi connectivity index (χ2n) is 13.4. The number of benzene rings is 2. The molecule has 46 heavy (non-hydrogen) atoms. The molecule has 2 aromatic carbocycles. The first-order valence-corrected chi connectivity index (χ1v) is 17.6. The van der Waals surface area contributed by atoms with Gasteiger partial charge in [0.1, 0.15) is 29.8 Å². The lowest BCUT2D eigenvalue weighted by atomic mass is 9.69. The molecule has 251 valence electrons. The lowest BCUT2D eigenvalue weighted by molar-refractivity contribution is -0.180. The van der Waals surface area contributed by atoms with Crippen molar-refractivity contribution in [2.75, 3.05) is 11.5 Å². The molecule has 0 aliphatic carbocycles. The molecule has 6 atom stereocenters. The molecule has 3 N–H and O–H groups in total. The van der Waals surface area contributed by atoms with Gasteiger partial charge in [-0.3, -0.25) is 14.4 Å². The quantitative estimate of drug-likeness (QED) is 0.121. The van der Waals surface area contributed by atoms with Crippen molar-refractivity contribution in [3.63, 3.8) is 0 Å². The van der Waals surface area contributed by atoms with Gasteiger partial charge in [-0.1, -0.05) is 85.7 Å². The van der Waals surface area contributed by atoms with E-state index in [1.54, 1.807) is 0 Å². The van der Waals surface area contributed by atoms with Crippen LogP contribution in [-0.4, -0.2) is 67.1 Å². The van der Waals surface area contributed by atoms with Crippen LogP contribution in [0.4, 0.5) is 0 Å². The van der Waals surface area contributed by atoms with Crippen LogP contribution in [0, 0.1) is 6.10 Å². The zero-order valence-electron chi connectivity index (χ0n) is 26.8. The minimum absolute atomic E-state index is 0.0297. The Morgan fingerprint density at radius 2 is 1.37 bits per heavy atom. The van der Waals surface area contributed by atoms with Crippen molar-refractivity contribution in [2.45, 2.75) is 113 Å². The van der Waals surface area contributed by atoms with E-state index in [0.29, 0.717) is 43.6 Å². The van der Waals surface area contributed by atoms with Gasteiger partial charge >= 0.3 is 17.9 Å². The van der Waals surface area contributed by atoms with Gasteiger partial charge < -0.3 is 29.3 Å². The summed E-state index contributed by atoms with van der Waals surface area (Å²) in [5.74, 6) is -1.12. The Hall–Kier alpha value is -2.92. The van der Waals surface area contributed by atoms with Gasteiger partial charge in [-0.05, 0) is 49.7 Å². The largest absolute Gasteiger partial charge is 0.616 e. The van der Waals surface area contributed by atoms with E-state index in [1.165, 1.54) is 0 Å². The normalized spacial score (nSPS) is 25.5. The summed E-state index contributed by atoms with van der Waals surface area (Å²) in [6.07, 6.45) is 2.62. The molecule has 2 heterocycles. The van der Waals surface area contributed by atoms with E-state index in [9.17, 15) is 34.3 Å². The van der Waals surface area contributed by atoms with Crippen molar-refractivity contribution < 1.29 is 43.7 Å². The van der Waals surface area contributed by atoms with Crippen molar-refractivity contribution in [3.05, 3.63) is 77.9 Å². The Kier molecular flexibility index (Phi) is 12.3. The maximum Gasteiger partial charge on any atom is 0.309 e. The molecular formula is C36H47O9S. The summed E-state index contributed by atoms with van der Waals surface area (Å²) in [4.78, 5) is 36.0. The molecule has 6 unspecified atom stereocenters. The fraction of sp³-hybridized carbons (Fsp3) is 0.556. The summed E-state index contributed by atoms with van der Waals surface area (Å²) < 4.78 is 24.5. The third-order valence-corrected chi connectivity index (χ3v) is 11.2. The molecule has 2 saturated heterocycles. The lowest BCUT2D eigenvalue weighted by Gasteiger charge is -2.44. The van der Waals surface area contributed by atoms with Crippen LogP contribution in [0.25, 0.3) is 0 Å². The topological polar surface area (TPSA) is 153 Å². The number of aliphatic hydroxyl groups is 2. The number of cyclic esters (lactones) is 2. The molecular weight excluding hydrogens is 608 g/mol. The third kappa shape index (κ3) is 9.33. The number of esters is 2. The van der Waals surface area contributed by atoms with E-state index in [2.05, 4.69) is 6.92 Å². The molecule has 9 nitrogen and oxygen atoms in total. The van der Waals surface area contributed by atoms with Crippen LogP contribution < -0.4 is 0 Å². The molecule has 2 aliphatic heterocycles. The molecule has 0 aromatic heterocycles. The van der Waals surface area contributed by atoms with Gasteiger partial charge in [-0.15, -0.1) is 0 Å². The molecule has 2 aromatic rings. The van der Waals surface area contributed by atoms with Gasteiger partial charge in [-0.25, -0.2) is 0 Å². The summed E-state index contributed by atoms with van der Waals surface area (Å²) in [6, 6.07) is 19.5. The lowest BCUT2D eigenvalue weighted by Crippen LogP contribution is -2.52. The summed E-state index contributed by atoms with van der Waals surface area (Å²) >= 11 is -1.03. The van der Waals surface area contributed by atoms with Gasteiger partial charge in [0.15, 0.2) is 0 Å². The van der Waals surface area contributed by atoms with Crippen molar-refractivity contribution in [1.29, 1.82) is 0 Å². The summed E-state index contributed by atoms with van der Waals surface area (Å²) in [7, 11) is 0. The standard InChI is InChI=1S/C36H47O9S/c1-34(26-13-5-3-6-14-26,29-21-28(37)22-32(40)44-29)17-9-11-19-46(43)20-12-10-18-35(2,27-15-7-4-8-16-27)30-23-36(42,24-31(38)39)25-33(41)45-30/h3-8,13-16,29-30,37,42H,9-12,17-25H2,1-2H3,(H,38,39). The van der Waals surface area contributed by atoms with E-state index in [4.69, 9.17) is 9.47 Å². The Bertz CT molecular complexity index is 1300. The van der Waals surface area contributed by atoms with E-state index >= 15 is 0 Å². The van der Waals surface area contributed by atoms with E-state index in [-0.39, 0.29) is 25.4 Å². The van der Waals surface area contributed by atoms with Gasteiger partial charge in [-0.2, -0.15) is 0 Å². The van der Waals surface area contributed by atoms with Gasteiger partial charge in [0.05, 0.1) is 24.9 Å². The number of rotatable bonds is 16. The highest BCUT2D eigenvalue weighted by molar-refractivity contribution is 7.91. The minimum atomic E-state index is -1.67. The Labute approximate surface area is 274 Å². The zero-order chi connectivity index (χ0) is 33.4. The summed E-state index contributed by atoms with van der Waals surface area (Å²) in [6.45, 7) is 4.04. The highest BCUT2D eigenvalue weighted by atomic mass is 32.2. The number of carbonyl (C=O) groups is 3. The fourth-order valence-electron chi connectivity index (χ4n) is 6.98. The maximum atomic E-state index is 13.0. The van der Waals surface area contributed by atoms with Crippen LogP contribution >= 0.6 is 0 Å². The van der Waals surface area contributed by atoms with Crippen molar-refractivity contribution in [2.24, 2.45) is 0 Å². The average molecular weight is 656 g/mol. The number of aliphatic hydroxyl groups excluding tert-OH is 1. The van der Waals surface area contributed by atoms with Crippen LogP contribution in [0.2, 0.25) is 0 Å². The van der Waals surface area contributed by atoms with Crippen molar-refractivity contribution in [1.82, 2.24) is 0 Å². The number of unbranched alkanes of at least 4 members (excludes halogenated alkanes) is 2. The first kappa shape index (κ1) is 35.9. The zero-order valence-corrected chi connectivity index (χ0v) is 27.6. The summed E-state index contributed by atoms with van der Waals surface area (Å²) in [5, 5.41) is 30.5. The van der Waals surface area contributed by atoms with Crippen LogP contribution in [0.15, 0.2) is 60.7 Å². The number of hydrogen-bond donors (Lipinski definition) is 3. The number of carboxylic acid groups (broad SMARTS) is 1. The molecule has 10 heteroatoms. The van der Waals surface area contributed by atoms with Crippen LogP contribution in [0.5, 0.6) is 0 Å². The van der Waals surface area contributed by atoms with Crippen molar-refractivity contribution in [3.8, 4) is 0 Å². The Balaban J connectivity index is 1.30. The molecule has 2 aliphatic rings. The molecule has 0 amide bonds. The molecule has 0 spiro atoms. The second-order valence-corrected chi connectivity index (χ2v) is 15.1. The SMILES string of the molecule is CC(CCCC[S+]([O-])CCCCC(C)(c1ccccc1)C1CC(O)(CC(=O)O)CC(=O)O1)(c1ccccc1)C1C[C](O)CC(=O)O1. The first-order valence-electron chi connectivity index (χ1n) is 16.2. The number of hydrogen-bond acceptors (Lipinski definition) is 8.